The minimum atomic E-state index is -1.08. The molecule has 0 bridgehead atoms. The normalized spacial score (nSPS) is 21.2. The van der Waals surface area contributed by atoms with E-state index < -0.39 is 18.2 Å². The highest BCUT2D eigenvalue weighted by atomic mass is 127. The highest BCUT2D eigenvalue weighted by Gasteiger charge is 2.43. The first kappa shape index (κ1) is 33.6. The average molecular weight is 687 g/mol. The second-order valence-electron chi connectivity index (χ2n) is 11.0. The van der Waals surface area contributed by atoms with Crippen molar-refractivity contribution < 1.29 is 34.4 Å². The highest BCUT2D eigenvalue weighted by molar-refractivity contribution is 14.1. The molecule has 1 fully saturated rings. The summed E-state index contributed by atoms with van der Waals surface area (Å²) in [6.45, 7) is 1.92. The summed E-state index contributed by atoms with van der Waals surface area (Å²) in [5.74, 6) is 0.472. The van der Waals surface area contributed by atoms with Gasteiger partial charge in [-0.25, -0.2) is 0 Å². The molecule has 0 aliphatic heterocycles. The fourth-order valence-corrected chi connectivity index (χ4v) is 6.68. The smallest absolute Gasteiger partial charge is 0.247 e. The van der Waals surface area contributed by atoms with Gasteiger partial charge < -0.3 is 35.0 Å². The van der Waals surface area contributed by atoms with Crippen LogP contribution in [-0.2, 0) is 16.2 Å². The van der Waals surface area contributed by atoms with Gasteiger partial charge in [0.2, 0.25) is 11.8 Å². The third-order valence-electron chi connectivity index (χ3n) is 8.05. The number of methoxy groups -OCH3 is 1. The number of nitrogens with one attached hydrogen (secondary N) is 1. The number of carbonyl (C=O) groups excluding carboxylic acids is 2. The van der Waals surface area contributed by atoms with E-state index in [4.69, 9.17) is 9.47 Å². The quantitative estimate of drug-likeness (QED) is 0.161. The highest BCUT2D eigenvalue weighted by Crippen LogP contribution is 2.38. The Hall–Kier alpha value is -1.89. The number of halogens is 1. The minimum Gasteiger partial charge on any atom is -0.493 e. The molecule has 9 nitrogen and oxygen atoms in total. The fraction of sp³-hybridized carbons (Fsp3) is 0.677. The monoisotopic (exact) mass is 686 g/mol. The number of rotatable bonds is 15. The predicted molar refractivity (Wildman–Crippen MR) is 166 cm³/mol. The summed E-state index contributed by atoms with van der Waals surface area (Å²) >= 11 is 2.10. The Labute approximate surface area is 257 Å². The first-order chi connectivity index (χ1) is 19.8. The van der Waals surface area contributed by atoms with Crippen LogP contribution in [0.1, 0.15) is 89.5 Å². The zero-order chi connectivity index (χ0) is 29.8. The molecule has 4 N–H and O–H groups in total. The number of ether oxygens (including phenoxy) is 2. The van der Waals surface area contributed by atoms with Crippen molar-refractivity contribution in [3.05, 3.63) is 32.9 Å². The van der Waals surface area contributed by atoms with Gasteiger partial charge in [-0.1, -0.05) is 51.9 Å². The predicted octanol–water partition coefficient (Wildman–Crippen LogP) is 4.23. The molecule has 1 saturated carbocycles. The third kappa shape index (κ3) is 9.30. The van der Waals surface area contributed by atoms with E-state index in [1.165, 1.54) is 7.11 Å². The second-order valence-corrected chi connectivity index (χ2v) is 12.2. The van der Waals surface area contributed by atoms with Crippen molar-refractivity contribution in [2.24, 2.45) is 0 Å². The zero-order valence-corrected chi connectivity index (χ0v) is 26.6. The minimum absolute atomic E-state index is 0.00514. The molecular formula is C31H47IN2O7. The lowest BCUT2D eigenvalue weighted by atomic mass is 9.85. The number of nitrogens with zero attached hydrogens (tertiary/aromatic N) is 1. The molecule has 230 valence electrons. The molecule has 3 unspecified atom stereocenters. The Kier molecular flexibility index (Phi) is 14.2. The van der Waals surface area contributed by atoms with E-state index in [-0.39, 0.29) is 44.0 Å². The van der Waals surface area contributed by atoms with Gasteiger partial charge in [0.25, 0.3) is 0 Å². The second kappa shape index (κ2) is 17.3. The first-order valence-electron chi connectivity index (χ1n) is 15.1. The fourth-order valence-electron chi connectivity index (χ4n) is 5.89. The van der Waals surface area contributed by atoms with E-state index in [2.05, 4.69) is 34.8 Å². The lowest BCUT2D eigenvalue weighted by molar-refractivity contribution is -0.143. The molecular weight excluding hydrogens is 639 g/mol. The van der Waals surface area contributed by atoms with Gasteiger partial charge >= 0.3 is 0 Å². The molecule has 41 heavy (non-hydrogen) atoms. The van der Waals surface area contributed by atoms with Crippen LogP contribution in [-0.4, -0.2) is 76.6 Å². The Bertz CT molecular complexity index is 1030. The summed E-state index contributed by atoms with van der Waals surface area (Å²) < 4.78 is 12.6. The van der Waals surface area contributed by atoms with Crippen LogP contribution in [0.15, 0.2) is 23.8 Å². The number of aliphatic hydroxyl groups excluding tert-OH is 3. The van der Waals surface area contributed by atoms with Crippen molar-refractivity contribution in [2.75, 3.05) is 20.3 Å². The van der Waals surface area contributed by atoms with Crippen LogP contribution in [0.5, 0.6) is 11.5 Å². The number of hydrogen-bond donors (Lipinski definition) is 4. The number of amides is 2. The van der Waals surface area contributed by atoms with E-state index in [1.807, 2.05) is 4.90 Å². The van der Waals surface area contributed by atoms with Crippen LogP contribution < -0.4 is 14.8 Å². The number of benzene rings is 1. The molecule has 2 aliphatic rings. The van der Waals surface area contributed by atoms with Crippen LogP contribution in [0.3, 0.4) is 0 Å². The van der Waals surface area contributed by atoms with E-state index in [9.17, 15) is 24.9 Å². The van der Waals surface area contributed by atoms with E-state index >= 15 is 0 Å². The van der Waals surface area contributed by atoms with E-state index in [0.717, 1.165) is 64.2 Å². The maximum absolute atomic E-state index is 13.8. The Balaban J connectivity index is 1.95. The molecule has 0 spiro atoms. The molecule has 1 aromatic carbocycles. The first-order valence-corrected chi connectivity index (χ1v) is 16.1. The van der Waals surface area contributed by atoms with Gasteiger partial charge in [0.15, 0.2) is 11.5 Å². The van der Waals surface area contributed by atoms with Crippen molar-refractivity contribution >= 4 is 34.4 Å². The maximum Gasteiger partial charge on any atom is 0.247 e. The number of unbranched alkanes of at least 4 members (excludes halogenated alkanes) is 4. The Morgan fingerprint density at radius 3 is 2.49 bits per heavy atom. The van der Waals surface area contributed by atoms with Crippen LogP contribution in [0, 0.1) is 3.57 Å². The summed E-state index contributed by atoms with van der Waals surface area (Å²) in [4.78, 5) is 28.8. The van der Waals surface area contributed by atoms with Gasteiger partial charge in [0.1, 0.15) is 12.2 Å². The van der Waals surface area contributed by atoms with Crippen molar-refractivity contribution in [3.8, 4) is 11.5 Å². The van der Waals surface area contributed by atoms with Gasteiger partial charge in [-0.15, -0.1) is 0 Å². The largest absolute Gasteiger partial charge is 0.493 e. The third-order valence-corrected chi connectivity index (χ3v) is 8.85. The molecule has 0 radical (unpaired) electrons. The number of aliphatic hydroxyl groups is 3. The standard InChI is InChI=1S/C31H47IN2O7/c1-3-4-5-6-10-13-28(37)34(23-11-8-7-9-12-23)25-18-22(31(39)33-14-15-35)19-26(29(25)38)41-30-24(32)16-21(20-36)17-27(30)40-2/h16-17,19,23,25-26,29,35-36,38H,3-15,18,20H2,1-2H3,(H,33,39). The Morgan fingerprint density at radius 2 is 1.83 bits per heavy atom. The van der Waals surface area contributed by atoms with E-state index in [0.29, 0.717) is 32.6 Å². The summed E-state index contributed by atoms with van der Waals surface area (Å²) in [5.41, 5.74) is 1.07. The summed E-state index contributed by atoms with van der Waals surface area (Å²) in [7, 11) is 1.51. The summed E-state index contributed by atoms with van der Waals surface area (Å²) in [6.07, 6.45) is 10.4. The van der Waals surface area contributed by atoms with Gasteiger partial charge in [-0.2, -0.15) is 0 Å². The van der Waals surface area contributed by atoms with Crippen LogP contribution >= 0.6 is 22.6 Å². The number of carbonyl (C=O) groups is 2. The maximum atomic E-state index is 13.8. The summed E-state index contributed by atoms with van der Waals surface area (Å²) in [5, 5.41) is 33.4. The molecule has 0 aromatic heterocycles. The van der Waals surface area contributed by atoms with E-state index in [1.54, 1.807) is 18.2 Å². The van der Waals surface area contributed by atoms with Crippen LogP contribution in [0.2, 0.25) is 0 Å². The van der Waals surface area contributed by atoms with Crippen molar-refractivity contribution in [3.63, 3.8) is 0 Å². The SMILES string of the molecule is CCCCCCCC(=O)N(C1CCCCC1)C1CC(C(=O)NCCO)=CC(Oc2c(I)cc(CO)cc2OC)C1O. The zero-order valence-electron chi connectivity index (χ0n) is 24.4. The topological polar surface area (TPSA) is 129 Å². The van der Waals surface area contributed by atoms with Gasteiger partial charge in [-0.3, -0.25) is 9.59 Å². The van der Waals surface area contributed by atoms with Crippen molar-refractivity contribution in [2.45, 2.75) is 115 Å². The van der Waals surface area contributed by atoms with Crippen molar-refractivity contribution in [1.82, 2.24) is 10.2 Å². The molecule has 2 amide bonds. The Morgan fingerprint density at radius 1 is 1.10 bits per heavy atom. The van der Waals surface area contributed by atoms with Crippen molar-refractivity contribution in [1.29, 1.82) is 0 Å². The molecule has 0 heterocycles. The molecule has 3 rings (SSSR count). The molecule has 0 saturated heterocycles. The molecule has 2 aliphatic carbocycles. The van der Waals surface area contributed by atoms with Gasteiger partial charge in [-0.05, 0) is 65.6 Å². The summed E-state index contributed by atoms with van der Waals surface area (Å²) in [6, 6.07) is 2.83. The lowest BCUT2D eigenvalue weighted by Crippen LogP contribution is -2.58. The van der Waals surface area contributed by atoms with Crippen LogP contribution in [0.4, 0.5) is 0 Å². The number of hydrogen-bond acceptors (Lipinski definition) is 7. The lowest BCUT2D eigenvalue weighted by Gasteiger charge is -2.45. The van der Waals surface area contributed by atoms with Crippen LogP contribution in [0.25, 0.3) is 0 Å². The van der Waals surface area contributed by atoms with Gasteiger partial charge in [0, 0.05) is 31.0 Å². The van der Waals surface area contributed by atoms with Gasteiger partial charge in [0.05, 0.1) is 29.9 Å². The molecule has 1 aromatic rings. The molecule has 3 atom stereocenters. The average Bonchev–Trinajstić information content (AvgIpc) is 2.98. The molecule has 10 heteroatoms.